The monoisotopic (exact) mass is 437 g/mol. The second kappa shape index (κ2) is 9.38. The van der Waals surface area contributed by atoms with Crippen LogP contribution in [0.4, 0.5) is 4.39 Å². The first-order valence-corrected chi connectivity index (χ1v) is 10.8. The molecule has 2 amide bonds. The van der Waals surface area contributed by atoms with Gasteiger partial charge in [0.1, 0.15) is 5.82 Å². The van der Waals surface area contributed by atoms with Gasteiger partial charge < -0.3 is 20.9 Å². The molecule has 0 atom stereocenters. The highest BCUT2D eigenvalue weighted by Gasteiger charge is 2.44. The standard InChI is InChI=1S/C24H28FN5O2/c1-26-23(29-16-24(9-10-24)19-3-2-4-20(25)13-19)28-14-17-5-7-18(8-6-17)22(32)30-12-11-27-21(31)15-30/h2-8,13H,9-12,14-16H2,1H3,(H,27,31)(H2,26,28,29). The molecule has 1 saturated carbocycles. The molecular formula is C24H28FN5O2. The molecule has 2 aromatic carbocycles. The molecule has 4 rings (SSSR count). The second-order valence-electron chi connectivity index (χ2n) is 8.34. The number of hydrogen-bond acceptors (Lipinski definition) is 3. The van der Waals surface area contributed by atoms with Gasteiger partial charge >= 0.3 is 0 Å². The first-order chi connectivity index (χ1) is 15.5. The van der Waals surface area contributed by atoms with Crippen LogP contribution in [0, 0.1) is 5.82 Å². The predicted molar refractivity (Wildman–Crippen MR) is 121 cm³/mol. The molecule has 1 heterocycles. The van der Waals surface area contributed by atoms with Gasteiger partial charge in [0.05, 0.1) is 6.54 Å². The Morgan fingerprint density at radius 1 is 1.19 bits per heavy atom. The van der Waals surface area contributed by atoms with Crippen LogP contribution in [0.1, 0.15) is 34.3 Å². The van der Waals surface area contributed by atoms with Crippen LogP contribution in [0.3, 0.4) is 0 Å². The first-order valence-electron chi connectivity index (χ1n) is 10.8. The van der Waals surface area contributed by atoms with Gasteiger partial charge in [-0.2, -0.15) is 0 Å². The van der Waals surface area contributed by atoms with Crippen molar-refractivity contribution in [3.8, 4) is 0 Å². The van der Waals surface area contributed by atoms with Crippen molar-refractivity contribution in [1.82, 2.24) is 20.9 Å². The molecule has 0 spiro atoms. The fraction of sp³-hybridized carbons (Fsp3) is 0.375. The molecule has 1 aliphatic carbocycles. The zero-order chi connectivity index (χ0) is 22.6. The summed E-state index contributed by atoms with van der Waals surface area (Å²) in [6.45, 7) is 2.34. The van der Waals surface area contributed by atoms with Crippen LogP contribution in [0.15, 0.2) is 53.5 Å². The van der Waals surface area contributed by atoms with E-state index >= 15 is 0 Å². The van der Waals surface area contributed by atoms with Crippen molar-refractivity contribution in [2.24, 2.45) is 4.99 Å². The predicted octanol–water partition coefficient (Wildman–Crippen LogP) is 1.79. The summed E-state index contributed by atoms with van der Waals surface area (Å²) in [6, 6.07) is 14.2. The van der Waals surface area contributed by atoms with Crippen molar-refractivity contribution in [2.45, 2.75) is 24.8 Å². The number of amides is 2. The van der Waals surface area contributed by atoms with E-state index in [0.29, 0.717) is 37.7 Å². The number of guanidine groups is 1. The number of piperazine rings is 1. The largest absolute Gasteiger partial charge is 0.356 e. The van der Waals surface area contributed by atoms with Crippen molar-refractivity contribution in [2.75, 3.05) is 33.2 Å². The van der Waals surface area contributed by atoms with E-state index in [-0.39, 0.29) is 29.6 Å². The number of nitrogens with zero attached hydrogens (tertiary/aromatic N) is 2. The molecule has 8 heteroatoms. The maximum atomic E-state index is 13.6. The SMILES string of the molecule is CN=C(NCc1ccc(C(=O)N2CCNC(=O)C2)cc1)NCC1(c2cccc(F)c2)CC1. The average molecular weight is 438 g/mol. The van der Waals surface area contributed by atoms with Crippen LogP contribution >= 0.6 is 0 Å². The van der Waals surface area contributed by atoms with Crippen molar-refractivity contribution >= 4 is 17.8 Å². The number of nitrogens with one attached hydrogen (secondary N) is 3. The topological polar surface area (TPSA) is 85.8 Å². The Morgan fingerprint density at radius 2 is 1.97 bits per heavy atom. The molecule has 0 bridgehead atoms. The number of carbonyl (C=O) groups is 2. The minimum atomic E-state index is -0.207. The number of benzene rings is 2. The van der Waals surface area contributed by atoms with Crippen LogP contribution in [0.2, 0.25) is 0 Å². The van der Waals surface area contributed by atoms with Gasteiger partial charge in [0.15, 0.2) is 5.96 Å². The van der Waals surface area contributed by atoms with E-state index < -0.39 is 0 Å². The highest BCUT2D eigenvalue weighted by atomic mass is 19.1. The third-order valence-electron chi connectivity index (χ3n) is 6.09. The Morgan fingerprint density at radius 3 is 2.62 bits per heavy atom. The van der Waals surface area contributed by atoms with E-state index in [1.165, 1.54) is 6.07 Å². The van der Waals surface area contributed by atoms with Crippen LogP contribution < -0.4 is 16.0 Å². The number of carbonyl (C=O) groups excluding carboxylic acids is 2. The molecule has 1 saturated heterocycles. The summed E-state index contributed by atoms with van der Waals surface area (Å²) >= 11 is 0. The summed E-state index contributed by atoms with van der Waals surface area (Å²) in [5, 5.41) is 9.36. The van der Waals surface area contributed by atoms with Crippen LogP contribution in [-0.2, 0) is 16.8 Å². The van der Waals surface area contributed by atoms with Crippen LogP contribution in [-0.4, -0.2) is 55.9 Å². The second-order valence-corrected chi connectivity index (χ2v) is 8.34. The van der Waals surface area contributed by atoms with Crippen LogP contribution in [0.5, 0.6) is 0 Å². The Labute approximate surface area is 187 Å². The quantitative estimate of drug-likeness (QED) is 0.475. The van der Waals surface area contributed by atoms with Crippen molar-refractivity contribution in [3.63, 3.8) is 0 Å². The average Bonchev–Trinajstić information content (AvgIpc) is 3.60. The Kier molecular flexibility index (Phi) is 6.39. The smallest absolute Gasteiger partial charge is 0.254 e. The zero-order valence-electron chi connectivity index (χ0n) is 18.2. The molecule has 2 aliphatic rings. The van der Waals surface area contributed by atoms with Gasteiger partial charge in [-0.15, -0.1) is 0 Å². The third kappa shape index (κ3) is 5.07. The molecule has 3 N–H and O–H groups in total. The van der Waals surface area contributed by atoms with Gasteiger partial charge in [-0.05, 0) is 48.2 Å². The van der Waals surface area contributed by atoms with Gasteiger partial charge in [-0.25, -0.2) is 4.39 Å². The Bertz CT molecular complexity index is 1020. The summed E-state index contributed by atoms with van der Waals surface area (Å²) in [4.78, 5) is 29.9. The van der Waals surface area contributed by atoms with Crippen molar-refractivity contribution < 1.29 is 14.0 Å². The van der Waals surface area contributed by atoms with Gasteiger partial charge in [-0.1, -0.05) is 24.3 Å². The fourth-order valence-electron chi connectivity index (χ4n) is 3.96. The minimum absolute atomic E-state index is 0.0346. The molecule has 0 aromatic heterocycles. The van der Waals surface area contributed by atoms with Crippen molar-refractivity contribution in [1.29, 1.82) is 0 Å². The highest BCUT2D eigenvalue weighted by molar-refractivity contribution is 5.97. The summed E-state index contributed by atoms with van der Waals surface area (Å²) in [5.41, 5.74) is 2.56. The summed E-state index contributed by atoms with van der Waals surface area (Å²) < 4.78 is 13.6. The van der Waals surface area contributed by atoms with Gasteiger partial charge in [0, 0.05) is 44.2 Å². The highest BCUT2D eigenvalue weighted by Crippen LogP contribution is 2.47. The molecule has 7 nitrogen and oxygen atoms in total. The van der Waals surface area contributed by atoms with E-state index in [9.17, 15) is 14.0 Å². The van der Waals surface area contributed by atoms with E-state index in [0.717, 1.165) is 24.0 Å². The van der Waals surface area contributed by atoms with E-state index in [4.69, 9.17) is 0 Å². The third-order valence-corrected chi connectivity index (χ3v) is 6.09. The normalized spacial score (nSPS) is 17.5. The minimum Gasteiger partial charge on any atom is -0.356 e. The summed E-state index contributed by atoms with van der Waals surface area (Å²) in [5.74, 6) is 0.201. The lowest BCUT2D eigenvalue weighted by Gasteiger charge is -2.26. The van der Waals surface area contributed by atoms with Crippen LogP contribution in [0.25, 0.3) is 0 Å². The zero-order valence-corrected chi connectivity index (χ0v) is 18.2. The van der Waals surface area contributed by atoms with E-state index in [1.807, 2.05) is 18.2 Å². The van der Waals surface area contributed by atoms with Gasteiger partial charge in [0.2, 0.25) is 5.91 Å². The van der Waals surface area contributed by atoms with Gasteiger partial charge in [-0.3, -0.25) is 14.6 Å². The number of rotatable bonds is 6. The Hall–Kier alpha value is -3.42. The lowest BCUT2D eigenvalue weighted by Crippen LogP contribution is -2.49. The number of aliphatic imine (C=N–C) groups is 1. The molecule has 1 aliphatic heterocycles. The number of hydrogen-bond donors (Lipinski definition) is 3. The molecule has 168 valence electrons. The molecule has 2 aromatic rings. The maximum Gasteiger partial charge on any atom is 0.254 e. The van der Waals surface area contributed by atoms with E-state index in [1.54, 1.807) is 36.2 Å². The summed E-state index contributed by atoms with van der Waals surface area (Å²) in [6.07, 6.45) is 2.04. The first kappa shape index (κ1) is 21.8. The van der Waals surface area contributed by atoms with Gasteiger partial charge in [0.25, 0.3) is 5.91 Å². The lowest BCUT2D eigenvalue weighted by molar-refractivity contribution is -0.123. The Balaban J connectivity index is 1.29. The number of halogens is 1. The molecule has 2 fully saturated rings. The molecular weight excluding hydrogens is 409 g/mol. The summed E-state index contributed by atoms with van der Waals surface area (Å²) in [7, 11) is 1.72. The van der Waals surface area contributed by atoms with E-state index in [2.05, 4.69) is 20.9 Å². The molecule has 0 unspecified atom stereocenters. The fourth-order valence-corrected chi connectivity index (χ4v) is 3.96. The molecule has 32 heavy (non-hydrogen) atoms. The van der Waals surface area contributed by atoms with Crippen molar-refractivity contribution in [3.05, 3.63) is 71.0 Å². The lowest BCUT2D eigenvalue weighted by atomic mass is 9.96. The maximum absolute atomic E-state index is 13.6. The molecule has 0 radical (unpaired) electrons.